The van der Waals surface area contributed by atoms with Crippen LogP contribution >= 0.6 is 0 Å². The fourth-order valence-electron chi connectivity index (χ4n) is 2.93. The van der Waals surface area contributed by atoms with Crippen molar-refractivity contribution in [1.29, 1.82) is 5.26 Å². The minimum Gasteiger partial charge on any atom is -0.463 e. The Kier molecular flexibility index (Phi) is 5.09. The van der Waals surface area contributed by atoms with Crippen molar-refractivity contribution < 1.29 is 14.5 Å². The van der Waals surface area contributed by atoms with Crippen LogP contribution in [0.3, 0.4) is 0 Å². The highest BCUT2D eigenvalue weighted by Gasteiger charge is 2.40. The molecule has 2 atom stereocenters. The highest BCUT2D eigenvalue weighted by molar-refractivity contribution is 5.98. The van der Waals surface area contributed by atoms with E-state index in [0.717, 1.165) is 0 Å². The van der Waals surface area contributed by atoms with Crippen LogP contribution in [0.5, 0.6) is 0 Å². The quantitative estimate of drug-likeness (QED) is 0.480. The molecule has 1 aromatic rings. The highest BCUT2D eigenvalue weighted by atomic mass is 16.6. The molecular formula is C17H17N3O4. The molecular weight excluding hydrogens is 310 g/mol. The third kappa shape index (κ3) is 3.04. The Bertz CT molecular complexity index is 789. The predicted molar refractivity (Wildman–Crippen MR) is 87.4 cm³/mol. The van der Waals surface area contributed by atoms with E-state index in [2.05, 4.69) is 11.1 Å². The summed E-state index contributed by atoms with van der Waals surface area (Å²) in [5, 5.41) is 20.9. The van der Waals surface area contributed by atoms with Gasteiger partial charge >= 0.3 is 5.97 Å². The van der Waals surface area contributed by atoms with Crippen molar-refractivity contribution in [2.75, 3.05) is 6.61 Å². The Balaban J connectivity index is 2.71. The standard InChI is InChI=1S/C17H17N3O4/c1-4-24-17(21)15-11(3)19-10(2)13(9-18)16(15)12-7-5-6-8-14(12)20(22)23/h5-8,13,16H,4H2,1-3H3. The minimum atomic E-state index is -0.784. The molecule has 124 valence electrons. The van der Waals surface area contributed by atoms with Crippen LogP contribution in [0.2, 0.25) is 0 Å². The van der Waals surface area contributed by atoms with Gasteiger partial charge in [-0.3, -0.25) is 15.1 Å². The number of nitriles is 1. The van der Waals surface area contributed by atoms with Gasteiger partial charge < -0.3 is 4.74 Å². The van der Waals surface area contributed by atoms with E-state index in [0.29, 0.717) is 17.0 Å². The van der Waals surface area contributed by atoms with Crippen molar-refractivity contribution in [2.24, 2.45) is 10.9 Å². The second kappa shape index (κ2) is 7.04. The van der Waals surface area contributed by atoms with E-state index in [1.807, 2.05) is 0 Å². The molecule has 0 amide bonds. The molecule has 0 aliphatic carbocycles. The Morgan fingerprint density at radius 1 is 1.42 bits per heavy atom. The van der Waals surface area contributed by atoms with E-state index in [9.17, 15) is 20.2 Å². The van der Waals surface area contributed by atoms with Crippen LogP contribution in [-0.2, 0) is 9.53 Å². The zero-order valence-corrected chi connectivity index (χ0v) is 13.6. The molecule has 2 unspecified atom stereocenters. The van der Waals surface area contributed by atoms with Crippen LogP contribution in [0.1, 0.15) is 32.3 Å². The van der Waals surface area contributed by atoms with Gasteiger partial charge in [-0.05, 0) is 20.8 Å². The lowest BCUT2D eigenvalue weighted by atomic mass is 9.76. The molecule has 24 heavy (non-hydrogen) atoms. The van der Waals surface area contributed by atoms with Gasteiger partial charge in [-0.15, -0.1) is 0 Å². The summed E-state index contributed by atoms with van der Waals surface area (Å²) in [6.07, 6.45) is 0. The number of nitrogens with zero attached hydrogens (tertiary/aromatic N) is 3. The van der Waals surface area contributed by atoms with Crippen LogP contribution in [-0.4, -0.2) is 23.2 Å². The molecule has 2 rings (SSSR count). The fraction of sp³-hybridized carbons (Fsp3) is 0.353. The normalized spacial score (nSPS) is 20.2. The predicted octanol–water partition coefficient (Wildman–Crippen LogP) is 3.13. The van der Waals surface area contributed by atoms with Crippen molar-refractivity contribution >= 4 is 17.4 Å². The summed E-state index contributed by atoms with van der Waals surface area (Å²) in [5.74, 6) is -2.16. The third-order valence-electron chi connectivity index (χ3n) is 3.93. The molecule has 0 spiro atoms. The van der Waals surface area contributed by atoms with Gasteiger partial charge in [0, 0.05) is 29.0 Å². The molecule has 0 fully saturated rings. The maximum atomic E-state index is 12.4. The first kappa shape index (κ1) is 17.3. The topological polar surface area (TPSA) is 106 Å². The summed E-state index contributed by atoms with van der Waals surface area (Å²) in [6, 6.07) is 8.25. The van der Waals surface area contributed by atoms with Crippen molar-refractivity contribution in [3.8, 4) is 6.07 Å². The summed E-state index contributed by atoms with van der Waals surface area (Å²) in [4.78, 5) is 27.6. The zero-order chi connectivity index (χ0) is 17.9. The molecule has 0 aromatic heterocycles. The van der Waals surface area contributed by atoms with E-state index in [1.165, 1.54) is 6.07 Å². The summed E-state index contributed by atoms with van der Waals surface area (Å²) in [7, 11) is 0. The number of nitro benzene ring substituents is 1. The van der Waals surface area contributed by atoms with E-state index in [4.69, 9.17) is 4.74 Å². The van der Waals surface area contributed by atoms with E-state index in [1.54, 1.807) is 39.0 Å². The Morgan fingerprint density at radius 3 is 2.67 bits per heavy atom. The van der Waals surface area contributed by atoms with Gasteiger partial charge in [0.25, 0.3) is 5.69 Å². The number of para-hydroxylation sites is 1. The SMILES string of the molecule is CCOC(=O)C1=C(C)N=C(C)C(C#N)C1c1ccccc1[N+](=O)[O-]. The number of aliphatic imine (C=N–C) groups is 1. The van der Waals surface area contributed by atoms with Crippen LogP contribution in [0.4, 0.5) is 5.69 Å². The number of hydrogen-bond acceptors (Lipinski definition) is 6. The van der Waals surface area contributed by atoms with Crippen molar-refractivity contribution in [3.63, 3.8) is 0 Å². The second-order valence-electron chi connectivity index (χ2n) is 5.37. The van der Waals surface area contributed by atoms with E-state index >= 15 is 0 Å². The van der Waals surface area contributed by atoms with Crippen LogP contribution in [0.25, 0.3) is 0 Å². The van der Waals surface area contributed by atoms with Gasteiger partial charge in [0.15, 0.2) is 0 Å². The monoisotopic (exact) mass is 327 g/mol. The smallest absolute Gasteiger partial charge is 0.336 e. The number of hydrogen-bond donors (Lipinski definition) is 0. The lowest BCUT2D eigenvalue weighted by Gasteiger charge is -2.28. The Hall–Kier alpha value is -3.01. The highest BCUT2D eigenvalue weighted by Crippen LogP contribution is 2.42. The van der Waals surface area contributed by atoms with Crippen molar-refractivity contribution in [2.45, 2.75) is 26.7 Å². The lowest BCUT2D eigenvalue weighted by molar-refractivity contribution is -0.385. The molecule has 1 aromatic carbocycles. The molecule has 0 N–H and O–H groups in total. The fourth-order valence-corrected chi connectivity index (χ4v) is 2.93. The summed E-state index contributed by atoms with van der Waals surface area (Å²) in [5.41, 5.74) is 1.31. The first-order valence-electron chi connectivity index (χ1n) is 7.48. The molecule has 1 heterocycles. The number of nitro groups is 1. The zero-order valence-electron chi connectivity index (χ0n) is 13.6. The van der Waals surface area contributed by atoms with Gasteiger partial charge in [0.2, 0.25) is 0 Å². The molecule has 0 radical (unpaired) electrons. The maximum Gasteiger partial charge on any atom is 0.336 e. The first-order chi connectivity index (χ1) is 11.4. The van der Waals surface area contributed by atoms with Gasteiger partial charge in [-0.2, -0.15) is 5.26 Å². The number of carbonyl (C=O) groups excluding carboxylic acids is 1. The number of carbonyl (C=O) groups is 1. The van der Waals surface area contributed by atoms with Gasteiger partial charge in [0.1, 0.15) is 0 Å². The van der Waals surface area contributed by atoms with Gasteiger partial charge in [-0.1, -0.05) is 18.2 Å². The second-order valence-corrected chi connectivity index (χ2v) is 5.37. The number of allylic oxidation sites excluding steroid dienone is 1. The molecule has 0 saturated heterocycles. The number of ether oxygens (including phenoxy) is 1. The number of esters is 1. The largest absolute Gasteiger partial charge is 0.463 e. The molecule has 1 aliphatic heterocycles. The van der Waals surface area contributed by atoms with E-state index < -0.39 is 22.7 Å². The van der Waals surface area contributed by atoms with Gasteiger partial charge in [-0.25, -0.2) is 4.79 Å². The van der Waals surface area contributed by atoms with Gasteiger partial charge in [0.05, 0.1) is 29.1 Å². The molecule has 7 nitrogen and oxygen atoms in total. The van der Waals surface area contributed by atoms with E-state index in [-0.39, 0.29) is 17.9 Å². The average Bonchev–Trinajstić information content (AvgIpc) is 2.54. The molecule has 0 bridgehead atoms. The summed E-state index contributed by atoms with van der Waals surface area (Å²) < 4.78 is 5.09. The first-order valence-corrected chi connectivity index (χ1v) is 7.48. The minimum absolute atomic E-state index is 0.132. The maximum absolute atomic E-state index is 12.4. The number of benzene rings is 1. The summed E-state index contributed by atoms with van der Waals surface area (Å²) in [6.45, 7) is 5.16. The van der Waals surface area contributed by atoms with Crippen molar-refractivity contribution in [1.82, 2.24) is 0 Å². The van der Waals surface area contributed by atoms with Crippen LogP contribution < -0.4 is 0 Å². The number of rotatable bonds is 4. The Labute approximate surface area is 139 Å². The Morgan fingerprint density at radius 2 is 2.08 bits per heavy atom. The van der Waals surface area contributed by atoms with Crippen LogP contribution in [0, 0.1) is 27.4 Å². The average molecular weight is 327 g/mol. The molecule has 7 heteroatoms. The molecule has 0 saturated carbocycles. The lowest BCUT2D eigenvalue weighted by Crippen LogP contribution is -2.30. The summed E-state index contributed by atoms with van der Waals surface area (Å²) >= 11 is 0. The third-order valence-corrected chi connectivity index (χ3v) is 3.93. The van der Waals surface area contributed by atoms with Crippen molar-refractivity contribution in [3.05, 3.63) is 51.2 Å². The molecule has 1 aliphatic rings. The van der Waals surface area contributed by atoms with Crippen LogP contribution in [0.15, 0.2) is 40.5 Å².